The molecule has 1 aromatic heterocycles. The molecule has 1 unspecified atom stereocenters. The minimum atomic E-state index is 0.185. The summed E-state index contributed by atoms with van der Waals surface area (Å²) in [6, 6.07) is 31.5. The molecule has 0 spiro atoms. The Kier molecular flexibility index (Phi) is 10.1. The van der Waals surface area contributed by atoms with Gasteiger partial charge in [0.15, 0.2) is 0 Å². The molecule has 1 atom stereocenters. The van der Waals surface area contributed by atoms with Gasteiger partial charge >= 0.3 is 0 Å². The summed E-state index contributed by atoms with van der Waals surface area (Å²) >= 11 is 10.5. The van der Waals surface area contributed by atoms with Crippen LogP contribution in [0.25, 0.3) is 11.1 Å². The number of hydrogen-bond donors (Lipinski definition) is 2. The van der Waals surface area contributed by atoms with Crippen LogP contribution in [0.2, 0.25) is 5.02 Å². The van der Waals surface area contributed by atoms with Crippen LogP contribution in [-0.2, 0) is 26.2 Å². The maximum absolute atomic E-state index is 9.57. The van der Waals surface area contributed by atoms with E-state index in [9.17, 15) is 5.11 Å². The van der Waals surface area contributed by atoms with Gasteiger partial charge < -0.3 is 19.9 Å². The molecule has 0 amide bonds. The van der Waals surface area contributed by atoms with Gasteiger partial charge in [-0.05, 0) is 70.2 Å². The molecule has 2 N–H and O–H groups in total. The first-order valence-corrected chi connectivity index (χ1v) is 14.9. The lowest BCUT2D eigenvalue weighted by Crippen LogP contribution is -2.27. The van der Waals surface area contributed by atoms with Crippen LogP contribution in [-0.4, -0.2) is 16.1 Å². The average molecular weight is 644 g/mol. The molecule has 4 aromatic carbocycles. The van der Waals surface area contributed by atoms with Crippen molar-refractivity contribution < 1.29 is 14.6 Å². The Morgan fingerprint density at radius 1 is 0.833 bits per heavy atom. The summed E-state index contributed by atoms with van der Waals surface area (Å²) in [5.74, 6) is 1.51. The number of pyridine rings is 1. The van der Waals surface area contributed by atoms with Gasteiger partial charge in [0.2, 0.25) is 0 Å². The zero-order chi connectivity index (χ0) is 29.3. The molecule has 42 heavy (non-hydrogen) atoms. The Labute approximate surface area is 260 Å². The monoisotopic (exact) mass is 642 g/mol. The fraction of sp³-hybridized carbons (Fsp3) is 0.171. The molecule has 0 radical (unpaired) electrons. The number of phenols is 1. The van der Waals surface area contributed by atoms with Crippen molar-refractivity contribution in [2.75, 3.05) is 0 Å². The minimum Gasteiger partial charge on any atom is -0.508 e. The number of aromatic hydroxyl groups is 1. The highest BCUT2D eigenvalue weighted by Crippen LogP contribution is 2.36. The van der Waals surface area contributed by atoms with Crippen molar-refractivity contribution in [1.29, 1.82) is 0 Å². The Hall–Kier alpha value is -3.84. The molecule has 7 heteroatoms. The van der Waals surface area contributed by atoms with E-state index in [0.29, 0.717) is 36.3 Å². The van der Waals surface area contributed by atoms with Gasteiger partial charge in [-0.15, -0.1) is 0 Å². The van der Waals surface area contributed by atoms with E-state index in [1.54, 1.807) is 24.5 Å². The number of hydrogen-bond acceptors (Lipinski definition) is 5. The number of aromatic nitrogens is 1. The van der Waals surface area contributed by atoms with Crippen LogP contribution in [0.3, 0.4) is 0 Å². The Balaban J connectivity index is 1.32. The minimum absolute atomic E-state index is 0.185. The fourth-order valence-corrected chi connectivity index (χ4v) is 5.48. The second kappa shape index (κ2) is 14.4. The van der Waals surface area contributed by atoms with Gasteiger partial charge in [0.05, 0.1) is 5.02 Å². The number of phenolic OH excluding ortho intramolecular Hbond substituents is 1. The molecule has 0 fully saturated rings. The van der Waals surface area contributed by atoms with E-state index in [0.717, 1.165) is 44.3 Å². The molecule has 5 aromatic rings. The van der Waals surface area contributed by atoms with Gasteiger partial charge in [-0.3, -0.25) is 4.98 Å². The van der Waals surface area contributed by atoms with Gasteiger partial charge in [-0.25, -0.2) is 0 Å². The molecule has 0 aliphatic carbocycles. The Morgan fingerprint density at radius 2 is 1.62 bits per heavy atom. The number of nitrogens with one attached hydrogen (secondary N) is 1. The van der Waals surface area contributed by atoms with Gasteiger partial charge in [-0.1, -0.05) is 78.3 Å². The second-order valence-corrected chi connectivity index (χ2v) is 11.3. The normalized spacial score (nSPS) is 11.7. The van der Waals surface area contributed by atoms with Gasteiger partial charge in [0.1, 0.15) is 30.5 Å². The quantitative estimate of drug-likeness (QED) is 0.142. The second-order valence-electron chi connectivity index (χ2n) is 10.1. The molecule has 214 valence electrons. The Morgan fingerprint density at radius 3 is 2.38 bits per heavy atom. The summed E-state index contributed by atoms with van der Waals surface area (Å²) in [6.07, 6.45) is 4.35. The zero-order valence-electron chi connectivity index (χ0n) is 23.3. The van der Waals surface area contributed by atoms with Crippen molar-refractivity contribution in [3.8, 4) is 28.4 Å². The average Bonchev–Trinajstić information content (AvgIpc) is 3.01. The maximum atomic E-state index is 9.57. The lowest BCUT2D eigenvalue weighted by atomic mass is 10.0. The summed E-state index contributed by atoms with van der Waals surface area (Å²) in [5.41, 5.74) is 6.29. The predicted molar refractivity (Wildman–Crippen MR) is 172 cm³/mol. The number of benzene rings is 4. The highest BCUT2D eigenvalue weighted by atomic mass is 79.9. The van der Waals surface area contributed by atoms with E-state index < -0.39 is 0 Å². The Bertz CT molecular complexity index is 1600. The molecule has 5 rings (SSSR count). The first-order valence-electron chi connectivity index (χ1n) is 13.8. The molecule has 0 bridgehead atoms. The smallest absolute Gasteiger partial charge is 0.142 e. The van der Waals surface area contributed by atoms with Crippen LogP contribution in [0.15, 0.2) is 114 Å². The van der Waals surface area contributed by atoms with Crippen molar-refractivity contribution in [3.63, 3.8) is 0 Å². The highest BCUT2D eigenvalue weighted by Gasteiger charge is 2.15. The van der Waals surface area contributed by atoms with Crippen LogP contribution in [0, 0.1) is 0 Å². The molecule has 0 aliphatic rings. The number of rotatable bonds is 12. The largest absolute Gasteiger partial charge is 0.508 e. The zero-order valence-corrected chi connectivity index (χ0v) is 25.6. The molecule has 0 saturated carbocycles. The van der Waals surface area contributed by atoms with Crippen LogP contribution in [0.1, 0.15) is 29.2 Å². The number of halogens is 2. The van der Waals surface area contributed by atoms with Crippen molar-refractivity contribution in [2.45, 2.75) is 39.1 Å². The molecule has 5 nitrogen and oxygen atoms in total. The van der Waals surface area contributed by atoms with E-state index in [4.69, 9.17) is 21.1 Å². The first-order chi connectivity index (χ1) is 20.5. The van der Waals surface area contributed by atoms with Crippen molar-refractivity contribution in [2.24, 2.45) is 0 Å². The van der Waals surface area contributed by atoms with Crippen LogP contribution in [0.4, 0.5) is 0 Å². The molecule has 1 heterocycles. The van der Waals surface area contributed by atoms with Crippen LogP contribution >= 0.6 is 27.5 Å². The third-order valence-corrected chi connectivity index (χ3v) is 8.13. The fourth-order valence-electron chi connectivity index (χ4n) is 4.63. The first kappa shape index (κ1) is 29.6. The van der Waals surface area contributed by atoms with E-state index in [2.05, 4.69) is 51.4 Å². The van der Waals surface area contributed by atoms with Crippen molar-refractivity contribution in [3.05, 3.63) is 141 Å². The van der Waals surface area contributed by atoms with Crippen LogP contribution in [0.5, 0.6) is 17.2 Å². The maximum Gasteiger partial charge on any atom is 0.142 e. The van der Waals surface area contributed by atoms with E-state index >= 15 is 0 Å². The lowest BCUT2D eigenvalue weighted by Gasteiger charge is -2.19. The van der Waals surface area contributed by atoms with Gasteiger partial charge in [-0.2, -0.15) is 0 Å². The molecular weight excluding hydrogens is 612 g/mol. The van der Waals surface area contributed by atoms with Crippen LogP contribution < -0.4 is 14.8 Å². The summed E-state index contributed by atoms with van der Waals surface area (Å²) in [5, 5.41) is 13.7. The summed E-state index contributed by atoms with van der Waals surface area (Å²) in [7, 11) is 0. The van der Waals surface area contributed by atoms with E-state index in [-0.39, 0.29) is 11.8 Å². The third-order valence-electron chi connectivity index (χ3n) is 6.90. The molecular formula is C35H32BrClN2O3. The van der Waals surface area contributed by atoms with Crippen molar-refractivity contribution >= 4 is 27.5 Å². The topological polar surface area (TPSA) is 63.6 Å². The highest BCUT2D eigenvalue weighted by molar-refractivity contribution is 9.10. The third kappa shape index (κ3) is 7.91. The predicted octanol–water partition coefficient (Wildman–Crippen LogP) is 8.75. The lowest BCUT2D eigenvalue weighted by molar-refractivity contribution is 0.286. The van der Waals surface area contributed by atoms with Crippen molar-refractivity contribution in [1.82, 2.24) is 10.3 Å². The standard InChI is InChI=1S/C35H32BrClN2O3/c1-24(17-25-12-14-30(40)15-13-25)39-21-29-18-32(37)34(19-33(29)41-22-26-7-6-16-38-20-26)42-23-28-10-5-11-31(35(28)36)27-8-3-2-4-9-27/h2-16,18-20,24,39-40H,17,21-23H2,1H3. The SMILES string of the molecule is CC(Cc1ccc(O)cc1)NCc1cc(Cl)c(OCc2cccc(-c3ccccc3)c2Br)cc1OCc1cccnc1. The molecule has 0 saturated heterocycles. The van der Waals surface area contributed by atoms with Gasteiger partial charge in [0.25, 0.3) is 0 Å². The summed E-state index contributed by atoms with van der Waals surface area (Å²) in [4.78, 5) is 4.20. The summed E-state index contributed by atoms with van der Waals surface area (Å²) < 4.78 is 13.5. The summed E-state index contributed by atoms with van der Waals surface area (Å²) in [6.45, 7) is 3.40. The number of nitrogens with zero attached hydrogens (tertiary/aromatic N) is 1. The van der Waals surface area contributed by atoms with E-state index in [1.807, 2.05) is 66.7 Å². The van der Waals surface area contributed by atoms with E-state index in [1.165, 1.54) is 0 Å². The molecule has 0 aliphatic heterocycles. The van der Waals surface area contributed by atoms with Gasteiger partial charge in [0, 0.05) is 52.2 Å². The number of ether oxygens (including phenoxy) is 2.